The van der Waals surface area contributed by atoms with Crippen LogP contribution >= 0.6 is 0 Å². The van der Waals surface area contributed by atoms with Gasteiger partial charge in [0.1, 0.15) is 0 Å². The summed E-state index contributed by atoms with van der Waals surface area (Å²) in [6.45, 7) is 0. The van der Waals surface area contributed by atoms with E-state index in [4.69, 9.17) is 0 Å². The number of hydrogen-bond donors (Lipinski definition) is 0. The third kappa shape index (κ3) is 8.16. The molecule has 11 aromatic carbocycles. The van der Waals surface area contributed by atoms with Crippen molar-refractivity contribution in [2.24, 2.45) is 0 Å². The highest BCUT2D eigenvalue weighted by Crippen LogP contribution is 2.42. The van der Waals surface area contributed by atoms with Crippen LogP contribution in [-0.2, 0) is 0 Å². The van der Waals surface area contributed by atoms with Gasteiger partial charge >= 0.3 is 0 Å². The van der Waals surface area contributed by atoms with Gasteiger partial charge in [-0.25, -0.2) is 0 Å². The Kier molecular flexibility index (Phi) is 10.7. The summed E-state index contributed by atoms with van der Waals surface area (Å²) in [5.74, 6) is 0. The van der Waals surface area contributed by atoms with E-state index in [1.54, 1.807) is 0 Å². The molecule has 11 rings (SSSR count). The van der Waals surface area contributed by atoms with E-state index in [9.17, 15) is 0 Å². The second-order valence-electron chi connectivity index (χ2n) is 16.5. The molecule has 65 heavy (non-hydrogen) atoms. The van der Waals surface area contributed by atoms with Gasteiger partial charge in [-0.15, -0.1) is 0 Å². The topological polar surface area (TPSA) is 3.24 Å². The van der Waals surface area contributed by atoms with Crippen LogP contribution in [0, 0.1) is 0 Å². The first-order chi connectivity index (χ1) is 32.2. The van der Waals surface area contributed by atoms with Gasteiger partial charge in [-0.3, -0.25) is 0 Å². The van der Waals surface area contributed by atoms with Crippen molar-refractivity contribution in [3.05, 3.63) is 273 Å². The molecule has 0 atom stereocenters. The summed E-state index contributed by atoms with van der Waals surface area (Å²) in [7, 11) is 0. The van der Waals surface area contributed by atoms with Crippen LogP contribution in [0.5, 0.6) is 0 Å². The maximum absolute atomic E-state index is 2.37. The summed E-state index contributed by atoms with van der Waals surface area (Å²) < 4.78 is 0. The van der Waals surface area contributed by atoms with Gasteiger partial charge in [0.25, 0.3) is 0 Å². The summed E-state index contributed by atoms with van der Waals surface area (Å²) >= 11 is 0. The van der Waals surface area contributed by atoms with Crippen LogP contribution in [-0.4, -0.2) is 0 Å². The van der Waals surface area contributed by atoms with Crippen molar-refractivity contribution in [3.63, 3.8) is 0 Å². The first kappa shape index (κ1) is 39.3. The number of rotatable bonds is 10. The van der Waals surface area contributed by atoms with Crippen molar-refractivity contribution in [3.8, 4) is 77.9 Å². The molecule has 0 saturated heterocycles. The van der Waals surface area contributed by atoms with E-state index in [0.29, 0.717) is 0 Å². The van der Waals surface area contributed by atoms with Crippen molar-refractivity contribution in [2.45, 2.75) is 0 Å². The Bertz CT molecular complexity index is 3300. The maximum atomic E-state index is 2.37. The zero-order valence-electron chi connectivity index (χ0n) is 35.9. The van der Waals surface area contributed by atoms with Gasteiger partial charge in [0.2, 0.25) is 0 Å². The SMILES string of the molecule is c1ccc(-c2cccc(-c3ccc(N(c4ccc(-c5cc(-c6ccccc6)cc(-c6ccccc6)c5)cc4)c4ccc(-c5ccc6ccccc6c5-c5ccccc5)cc4)cc3)c2)cc1. The minimum atomic E-state index is 1.08. The third-order valence-electron chi connectivity index (χ3n) is 12.5. The highest BCUT2D eigenvalue weighted by Gasteiger charge is 2.17. The molecule has 1 nitrogen and oxygen atoms in total. The third-order valence-corrected chi connectivity index (χ3v) is 12.5. The van der Waals surface area contributed by atoms with Crippen LogP contribution in [0.25, 0.3) is 88.7 Å². The Balaban J connectivity index is 0.993. The van der Waals surface area contributed by atoms with Crippen molar-refractivity contribution >= 4 is 27.8 Å². The summed E-state index contributed by atoms with van der Waals surface area (Å²) in [4.78, 5) is 2.37. The molecule has 11 aromatic rings. The Labute approximate surface area is 381 Å². The molecule has 0 aliphatic carbocycles. The van der Waals surface area contributed by atoms with Gasteiger partial charge in [0, 0.05) is 17.1 Å². The molecular formula is C64H45N. The molecule has 0 bridgehead atoms. The van der Waals surface area contributed by atoms with Crippen LogP contribution in [0.2, 0.25) is 0 Å². The fourth-order valence-electron chi connectivity index (χ4n) is 9.17. The number of nitrogens with zero attached hydrogens (tertiary/aromatic N) is 1. The van der Waals surface area contributed by atoms with Crippen LogP contribution in [0.3, 0.4) is 0 Å². The summed E-state index contributed by atoms with van der Waals surface area (Å²) in [6, 6.07) is 98.8. The normalized spacial score (nSPS) is 11.1. The van der Waals surface area contributed by atoms with Gasteiger partial charge in [-0.1, -0.05) is 212 Å². The van der Waals surface area contributed by atoms with Crippen molar-refractivity contribution in [1.82, 2.24) is 0 Å². The molecule has 0 saturated carbocycles. The molecule has 0 spiro atoms. The zero-order valence-corrected chi connectivity index (χ0v) is 35.9. The van der Waals surface area contributed by atoms with Crippen LogP contribution in [0.15, 0.2) is 273 Å². The van der Waals surface area contributed by atoms with E-state index in [1.807, 2.05) is 0 Å². The van der Waals surface area contributed by atoms with Crippen LogP contribution in [0.4, 0.5) is 17.1 Å². The highest BCUT2D eigenvalue weighted by atomic mass is 15.1. The Morgan fingerprint density at radius 3 is 1.02 bits per heavy atom. The first-order valence-electron chi connectivity index (χ1n) is 22.3. The zero-order chi connectivity index (χ0) is 43.4. The summed E-state index contributed by atoms with van der Waals surface area (Å²) in [5, 5.41) is 2.49. The number of fused-ring (bicyclic) bond motifs is 1. The molecule has 0 aliphatic heterocycles. The molecule has 1 heteroatoms. The molecule has 0 unspecified atom stereocenters. The predicted octanol–water partition coefficient (Wildman–Crippen LogP) is 18.0. The summed E-state index contributed by atoms with van der Waals surface area (Å²) in [6.07, 6.45) is 0. The second-order valence-corrected chi connectivity index (χ2v) is 16.5. The monoisotopic (exact) mass is 827 g/mol. The standard InChI is InChI=1S/C64H45N/c1-5-16-46(17-6-1)54-25-15-26-55(42-54)49-28-35-59(36-29-49)65(61-39-32-52(33-40-61)63-41-34-51-22-13-14-27-62(51)64(63)53-23-11-4-12-24-53)60-37-30-50(31-38-60)58-44-56(47-18-7-2-8-19-47)43-57(45-58)48-20-9-3-10-21-48/h1-45H. The van der Waals surface area contributed by atoms with Gasteiger partial charge in [-0.05, 0) is 149 Å². The minimum Gasteiger partial charge on any atom is -0.311 e. The smallest absolute Gasteiger partial charge is 0.0462 e. The lowest BCUT2D eigenvalue weighted by Gasteiger charge is -2.26. The van der Waals surface area contributed by atoms with E-state index < -0.39 is 0 Å². The van der Waals surface area contributed by atoms with Gasteiger partial charge in [0.15, 0.2) is 0 Å². The van der Waals surface area contributed by atoms with E-state index in [1.165, 1.54) is 83.1 Å². The second kappa shape index (κ2) is 17.7. The molecular weight excluding hydrogens is 783 g/mol. The molecule has 0 amide bonds. The van der Waals surface area contributed by atoms with Gasteiger partial charge < -0.3 is 4.90 Å². The van der Waals surface area contributed by atoms with Crippen molar-refractivity contribution < 1.29 is 0 Å². The van der Waals surface area contributed by atoms with E-state index >= 15 is 0 Å². The fourth-order valence-corrected chi connectivity index (χ4v) is 9.17. The number of benzene rings is 11. The van der Waals surface area contributed by atoms with Crippen molar-refractivity contribution in [1.29, 1.82) is 0 Å². The van der Waals surface area contributed by atoms with Gasteiger partial charge in [-0.2, -0.15) is 0 Å². The molecule has 0 fully saturated rings. The van der Waals surface area contributed by atoms with E-state index in [2.05, 4.69) is 278 Å². The highest BCUT2D eigenvalue weighted by molar-refractivity contribution is 6.04. The van der Waals surface area contributed by atoms with Crippen LogP contribution in [0.1, 0.15) is 0 Å². The van der Waals surface area contributed by atoms with E-state index in [0.717, 1.165) is 22.6 Å². The Morgan fingerprint density at radius 2 is 0.538 bits per heavy atom. The van der Waals surface area contributed by atoms with Crippen molar-refractivity contribution in [2.75, 3.05) is 4.90 Å². The van der Waals surface area contributed by atoms with Gasteiger partial charge in [0.05, 0.1) is 0 Å². The lowest BCUT2D eigenvalue weighted by molar-refractivity contribution is 1.28. The molecule has 306 valence electrons. The quantitative estimate of drug-likeness (QED) is 0.133. The number of anilines is 3. The largest absolute Gasteiger partial charge is 0.311 e. The average molecular weight is 828 g/mol. The predicted molar refractivity (Wildman–Crippen MR) is 277 cm³/mol. The molecule has 0 N–H and O–H groups in total. The molecule has 0 aromatic heterocycles. The maximum Gasteiger partial charge on any atom is 0.0462 e. The Hall–Kier alpha value is -8.52. The fraction of sp³-hybridized carbons (Fsp3) is 0. The molecule has 0 heterocycles. The van der Waals surface area contributed by atoms with Crippen LogP contribution < -0.4 is 4.90 Å². The first-order valence-corrected chi connectivity index (χ1v) is 22.3. The lowest BCUT2D eigenvalue weighted by atomic mass is 9.90. The average Bonchev–Trinajstić information content (AvgIpc) is 3.40. The number of hydrogen-bond acceptors (Lipinski definition) is 1. The molecule has 0 aliphatic rings. The molecule has 0 radical (unpaired) electrons. The minimum absolute atomic E-state index is 1.08. The van der Waals surface area contributed by atoms with E-state index in [-0.39, 0.29) is 0 Å². The lowest BCUT2D eigenvalue weighted by Crippen LogP contribution is -2.09. The Morgan fingerprint density at radius 1 is 0.200 bits per heavy atom. The summed E-state index contributed by atoms with van der Waals surface area (Å²) in [5.41, 5.74) is 20.0.